The molecule has 1 heterocycles. The Kier molecular flexibility index (Phi) is 3.19. The minimum Gasteiger partial charge on any atom is -0.382 e. The van der Waals surface area contributed by atoms with E-state index in [1.165, 1.54) is 5.56 Å². The first-order chi connectivity index (χ1) is 8.49. The molecule has 1 aliphatic heterocycles. The zero-order valence-electron chi connectivity index (χ0n) is 11.1. The highest BCUT2D eigenvalue weighted by atomic mass is 16.2. The molecule has 0 spiro atoms. The Balaban J connectivity index is 2.39. The topological polar surface area (TPSA) is 35.9 Å². The third kappa shape index (κ3) is 2.27. The Hall–Kier alpha value is -2.10. The average Bonchev–Trinajstić information content (AvgIpc) is 2.58. The molecule has 0 saturated heterocycles. The molecule has 4 heteroatoms. The summed E-state index contributed by atoms with van der Waals surface area (Å²) in [6.45, 7) is 2.03. The van der Waals surface area contributed by atoms with Crippen LogP contribution in [0.4, 0.5) is 0 Å². The number of hydrogen-bond acceptors (Lipinski definition) is 3. The van der Waals surface area contributed by atoms with Gasteiger partial charge in [0, 0.05) is 32.9 Å². The molecule has 0 bridgehead atoms. The van der Waals surface area contributed by atoms with E-state index in [0.29, 0.717) is 11.5 Å². The van der Waals surface area contributed by atoms with Crippen LogP contribution in [0, 0.1) is 6.92 Å². The third-order valence-electron chi connectivity index (χ3n) is 2.76. The smallest absolute Gasteiger partial charge is 0.279 e. The van der Waals surface area contributed by atoms with E-state index in [1.807, 2.05) is 50.2 Å². The summed E-state index contributed by atoms with van der Waals surface area (Å²) in [6, 6.07) is 8.00. The Morgan fingerprint density at radius 2 is 1.83 bits per heavy atom. The number of aryl methyl sites for hydroxylation is 1. The minimum atomic E-state index is -0.0701. The highest BCUT2D eigenvalue weighted by molar-refractivity contribution is 6.18. The number of carbonyl (C=O) groups excluding carboxylic acids is 1. The van der Waals surface area contributed by atoms with Gasteiger partial charge in [-0.15, -0.1) is 0 Å². The van der Waals surface area contributed by atoms with Gasteiger partial charge in [0.05, 0.1) is 0 Å². The lowest BCUT2D eigenvalue weighted by Crippen LogP contribution is -2.28. The molecule has 2 rings (SSSR count). The van der Waals surface area contributed by atoms with E-state index in [4.69, 9.17) is 0 Å². The van der Waals surface area contributed by atoms with Crippen molar-refractivity contribution in [3.63, 3.8) is 0 Å². The van der Waals surface area contributed by atoms with Crippen LogP contribution in [0.5, 0.6) is 0 Å². The molecule has 4 nitrogen and oxygen atoms in total. The van der Waals surface area contributed by atoms with E-state index in [2.05, 4.69) is 4.99 Å². The molecule has 0 fully saturated rings. The number of aliphatic imine (C=N–C) groups is 1. The molecule has 1 aromatic carbocycles. The molecule has 94 valence electrons. The quantitative estimate of drug-likeness (QED) is 0.740. The van der Waals surface area contributed by atoms with Gasteiger partial charge in [-0.3, -0.25) is 9.69 Å². The van der Waals surface area contributed by atoms with Crippen molar-refractivity contribution in [2.24, 2.45) is 4.99 Å². The molecular formula is C14H17N3O. The van der Waals surface area contributed by atoms with Crippen LogP contribution in [-0.4, -0.2) is 42.7 Å². The lowest BCUT2D eigenvalue weighted by Gasteiger charge is -2.11. The predicted molar refractivity (Wildman–Crippen MR) is 72.3 cm³/mol. The largest absolute Gasteiger partial charge is 0.382 e. The van der Waals surface area contributed by atoms with Crippen molar-refractivity contribution in [1.29, 1.82) is 0 Å². The van der Waals surface area contributed by atoms with Crippen molar-refractivity contribution in [2.75, 3.05) is 21.1 Å². The number of hydrogen-bond donors (Lipinski definition) is 0. The summed E-state index contributed by atoms with van der Waals surface area (Å²) in [7, 11) is 5.50. The van der Waals surface area contributed by atoms with E-state index in [9.17, 15) is 4.79 Å². The number of nitrogens with zero attached hydrogens (tertiary/aromatic N) is 3. The summed E-state index contributed by atoms with van der Waals surface area (Å²) in [5.41, 5.74) is 2.62. The number of carbonyl (C=O) groups is 1. The van der Waals surface area contributed by atoms with E-state index >= 15 is 0 Å². The van der Waals surface area contributed by atoms with Gasteiger partial charge in [-0.25, -0.2) is 4.99 Å². The summed E-state index contributed by atoms with van der Waals surface area (Å²) in [6.07, 6.45) is 1.74. The van der Waals surface area contributed by atoms with Crippen molar-refractivity contribution in [2.45, 2.75) is 6.92 Å². The standard InChI is InChI=1S/C14H17N3O/c1-10-5-7-11(8-6-10)13-15-12(9-16(2)3)14(18)17(13)4/h5-9H,1-4H3/b12-9-. The molecule has 0 saturated carbocycles. The fraction of sp³-hybridized carbons (Fsp3) is 0.286. The Morgan fingerprint density at radius 3 is 2.39 bits per heavy atom. The molecule has 0 atom stereocenters. The maximum Gasteiger partial charge on any atom is 0.279 e. The Bertz CT molecular complexity index is 526. The van der Waals surface area contributed by atoms with Gasteiger partial charge in [0.25, 0.3) is 5.91 Å². The van der Waals surface area contributed by atoms with E-state index in [1.54, 1.807) is 18.1 Å². The van der Waals surface area contributed by atoms with Gasteiger partial charge in [-0.1, -0.05) is 29.8 Å². The van der Waals surface area contributed by atoms with Crippen LogP contribution in [0.3, 0.4) is 0 Å². The molecule has 0 unspecified atom stereocenters. The fourth-order valence-electron chi connectivity index (χ4n) is 1.79. The van der Waals surface area contributed by atoms with Crippen LogP contribution in [0.1, 0.15) is 11.1 Å². The summed E-state index contributed by atoms with van der Waals surface area (Å²) in [5.74, 6) is 0.632. The SMILES string of the molecule is Cc1ccc(C2=N/C(=C\N(C)C)C(=O)N2C)cc1. The lowest BCUT2D eigenvalue weighted by molar-refractivity contribution is -0.121. The Morgan fingerprint density at radius 1 is 1.22 bits per heavy atom. The second kappa shape index (κ2) is 4.64. The molecular weight excluding hydrogens is 226 g/mol. The maximum absolute atomic E-state index is 12.0. The molecule has 0 N–H and O–H groups in total. The number of benzene rings is 1. The first-order valence-corrected chi connectivity index (χ1v) is 5.81. The van der Waals surface area contributed by atoms with Crippen molar-refractivity contribution < 1.29 is 4.79 Å². The average molecular weight is 243 g/mol. The molecule has 1 aliphatic rings. The van der Waals surface area contributed by atoms with Crippen LogP contribution in [-0.2, 0) is 4.79 Å². The normalized spacial score (nSPS) is 17.3. The van der Waals surface area contributed by atoms with Gasteiger partial charge in [-0.2, -0.15) is 0 Å². The van der Waals surface area contributed by atoms with Crippen LogP contribution in [0.2, 0.25) is 0 Å². The molecule has 1 aromatic rings. The van der Waals surface area contributed by atoms with Crippen molar-refractivity contribution in [3.05, 3.63) is 47.3 Å². The monoisotopic (exact) mass is 243 g/mol. The molecule has 1 amide bonds. The maximum atomic E-state index is 12.0. The number of amidine groups is 1. The van der Waals surface area contributed by atoms with Gasteiger partial charge < -0.3 is 4.90 Å². The van der Waals surface area contributed by atoms with Crippen LogP contribution in [0.25, 0.3) is 0 Å². The van der Waals surface area contributed by atoms with Crippen LogP contribution >= 0.6 is 0 Å². The summed E-state index contributed by atoms with van der Waals surface area (Å²) in [4.78, 5) is 19.8. The number of rotatable bonds is 2. The molecule has 0 radical (unpaired) electrons. The molecule has 18 heavy (non-hydrogen) atoms. The predicted octanol–water partition coefficient (Wildman–Crippen LogP) is 1.62. The minimum absolute atomic E-state index is 0.0701. The highest BCUT2D eigenvalue weighted by Gasteiger charge is 2.27. The van der Waals surface area contributed by atoms with E-state index in [-0.39, 0.29) is 5.91 Å². The van der Waals surface area contributed by atoms with Gasteiger partial charge in [0.1, 0.15) is 11.5 Å². The van der Waals surface area contributed by atoms with Crippen molar-refractivity contribution in [3.8, 4) is 0 Å². The van der Waals surface area contributed by atoms with Crippen LogP contribution in [0.15, 0.2) is 41.2 Å². The van der Waals surface area contributed by atoms with Gasteiger partial charge in [0.15, 0.2) is 0 Å². The summed E-state index contributed by atoms with van der Waals surface area (Å²) < 4.78 is 0. The zero-order chi connectivity index (χ0) is 13.3. The van der Waals surface area contributed by atoms with Crippen molar-refractivity contribution in [1.82, 2.24) is 9.80 Å². The number of likely N-dealkylation sites (N-methyl/N-ethyl adjacent to an activating group) is 1. The first-order valence-electron chi connectivity index (χ1n) is 5.81. The molecule has 0 aliphatic carbocycles. The van der Waals surface area contributed by atoms with Gasteiger partial charge in [0.2, 0.25) is 0 Å². The first kappa shape index (κ1) is 12.4. The van der Waals surface area contributed by atoms with Gasteiger partial charge in [-0.05, 0) is 6.92 Å². The lowest BCUT2D eigenvalue weighted by atomic mass is 10.1. The molecule has 0 aromatic heterocycles. The van der Waals surface area contributed by atoms with Crippen LogP contribution < -0.4 is 0 Å². The highest BCUT2D eigenvalue weighted by Crippen LogP contribution is 2.18. The third-order valence-corrected chi connectivity index (χ3v) is 2.76. The summed E-state index contributed by atoms with van der Waals surface area (Å²) in [5, 5.41) is 0. The van der Waals surface area contributed by atoms with E-state index < -0.39 is 0 Å². The zero-order valence-corrected chi connectivity index (χ0v) is 11.1. The summed E-state index contributed by atoms with van der Waals surface area (Å²) >= 11 is 0. The number of amides is 1. The fourth-order valence-corrected chi connectivity index (χ4v) is 1.79. The Labute approximate surface area is 107 Å². The second-order valence-corrected chi connectivity index (χ2v) is 4.64. The van der Waals surface area contributed by atoms with Gasteiger partial charge >= 0.3 is 0 Å². The second-order valence-electron chi connectivity index (χ2n) is 4.64. The van der Waals surface area contributed by atoms with E-state index in [0.717, 1.165) is 5.56 Å². The van der Waals surface area contributed by atoms with Crippen molar-refractivity contribution >= 4 is 11.7 Å².